The Balaban J connectivity index is 1.15. The lowest BCUT2D eigenvalue weighted by atomic mass is 9.80. The van der Waals surface area contributed by atoms with Crippen LogP contribution in [-0.4, -0.2) is 74.2 Å². The van der Waals surface area contributed by atoms with Gasteiger partial charge in [-0.15, -0.1) is 0 Å². The number of aliphatic carboxylic acids is 1. The molecule has 2 saturated heterocycles. The van der Waals surface area contributed by atoms with Crippen LogP contribution in [-0.2, 0) is 4.79 Å². The zero-order chi connectivity index (χ0) is 25.4. The first-order chi connectivity index (χ1) is 18.0. The van der Waals surface area contributed by atoms with E-state index in [0.717, 1.165) is 57.6 Å². The van der Waals surface area contributed by atoms with Crippen molar-refractivity contribution in [2.45, 2.75) is 63.3 Å². The summed E-state index contributed by atoms with van der Waals surface area (Å²) in [6.45, 7) is 7.03. The molecule has 3 atom stereocenters. The normalized spacial score (nSPS) is 24.9. The molecule has 3 aliphatic rings. The van der Waals surface area contributed by atoms with Gasteiger partial charge in [0.25, 0.3) is 0 Å². The predicted octanol–water partition coefficient (Wildman–Crippen LogP) is 4.58. The van der Waals surface area contributed by atoms with Crippen LogP contribution in [0.2, 0.25) is 0 Å². The van der Waals surface area contributed by atoms with E-state index in [1.807, 2.05) is 29.0 Å². The third kappa shape index (κ3) is 5.16. The van der Waals surface area contributed by atoms with E-state index < -0.39 is 5.97 Å². The van der Waals surface area contributed by atoms with Crippen molar-refractivity contribution in [2.24, 2.45) is 11.8 Å². The fourth-order valence-corrected chi connectivity index (χ4v) is 6.94. The summed E-state index contributed by atoms with van der Waals surface area (Å²) < 4.78 is 2.00. The molecule has 196 valence electrons. The highest BCUT2D eigenvalue weighted by Crippen LogP contribution is 2.39. The van der Waals surface area contributed by atoms with Crippen LogP contribution in [0.5, 0.6) is 0 Å². The van der Waals surface area contributed by atoms with E-state index in [-0.39, 0.29) is 6.04 Å². The number of hydrogen-bond acceptors (Lipinski definition) is 5. The molecule has 37 heavy (non-hydrogen) atoms. The Hall–Kier alpha value is -2.77. The second-order valence-corrected chi connectivity index (χ2v) is 11.7. The summed E-state index contributed by atoms with van der Waals surface area (Å²) in [5.41, 5.74) is 4.79. The highest BCUT2D eigenvalue weighted by atomic mass is 16.4. The van der Waals surface area contributed by atoms with Crippen molar-refractivity contribution in [1.82, 2.24) is 24.4 Å². The maximum absolute atomic E-state index is 12.3. The monoisotopic (exact) mass is 501 g/mol. The smallest absolute Gasteiger partial charge is 0.320 e. The number of aryl methyl sites for hydroxylation is 1. The fraction of sp³-hybridized carbons (Fsp3) is 0.567. The second kappa shape index (κ2) is 10.5. The number of carboxylic acids is 1. The Morgan fingerprint density at radius 2 is 1.95 bits per heavy atom. The van der Waals surface area contributed by atoms with Gasteiger partial charge in [-0.25, -0.2) is 9.50 Å². The highest BCUT2D eigenvalue weighted by molar-refractivity contribution is 5.73. The first-order valence-corrected chi connectivity index (χ1v) is 14.1. The lowest BCUT2D eigenvalue weighted by molar-refractivity contribution is -0.144. The van der Waals surface area contributed by atoms with Gasteiger partial charge in [0, 0.05) is 37.7 Å². The zero-order valence-corrected chi connectivity index (χ0v) is 21.9. The minimum absolute atomic E-state index is 0.351. The molecule has 3 fully saturated rings. The molecule has 4 heterocycles. The standard InChI is InChI=1S/C30H39N5O2/c1-21-5-2-8-24(15-21)26-20-34(27(30(36)37)16-22-6-3-7-22)19-25(26)18-33-13-10-23(11-14-33)28-17-31-29-9-4-12-32-35(28)29/h2,4-5,8-9,12,15,17,22-23,25-27H,3,6-7,10-11,13-14,16,18-20H2,1H3,(H,36,37)/t25-,26+,27+/m0/s1. The number of benzene rings is 1. The second-order valence-electron chi connectivity index (χ2n) is 11.7. The summed E-state index contributed by atoms with van der Waals surface area (Å²) in [4.78, 5) is 21.8. The minimum atomic E-state index is -0.641. The summed E-state index contributed by atoms with van der Waals surface area (Å²) in [5.74, 6) is 1.25. The van der Waals surface area contributed by atoms with Crippen LogP contribution < -0.4 is 0 Å². The van der Waals surface area contributed by atoms with Crippen molar-refractivity contribution in [3.05, 3.63) is 65.6 Å². The van der Waals surface area contributed by atoms with E-state index in [2.05, 4.69) is 51.1 Å². The lowest BCUT2D eigenvalue weighted by Gasteiger charge is -2.34. The number of likely N-dealkylation sites (tertiary alicyclic amines) is 2. The average Bonchev–Trinajstić information content (AvgIpc) is 3.48. The van der Waals surface area contributed by atoms with Crippen molar-refractivity contribution in [3.63, 3.8) is 0 Å². The maximum atomic E-state index is 12.3. The SMILES string of the molecule is Cc1cccc([C@H]2CN([C@H](CC3CCC3)C(=O)O)C[C@@H]2CN2CCC(c3cnc4cccnn34)CC2)c1. The maximum Gasteiger partial charge on any atom is 0.320 e. The Labute approximate surface area is 219 Å². The van der Waals surface area contributed by atoms with Gasteiger partial charge in [0.2, 0.25) is 0 Å². The summed E-state index contributed by atoms with van der Waals surface area (Å²) in [5, 5.41) is 14.7. The lowest BCUT2D eigenvalue weighted by Crippen LogP contribution is -2.43. The van der Waals surface area contributed by atoms with Crippen molar-refractivity contribution in [2.75, 3.05) is 32.7 Å². The Bertz CT molecular complexity index is 1230. The molecule has 7 heteroatoms. The first-order valence-electron chi connectivity index (χ1n) is 14.1. The molecule has 1 N–H and O–H groups in total. The minimum Gasteiger partial charge on any atom is -0.480 e. The van der Waals surface area contributed by atoms with Crippen LogP contribution in [0.15, 0.2) is 48.8 Å². The van der Waals surface area contributed by atoms with Crippen LogP contribution in [0, 0.1) is 18.8 Å². The summed E-state index contributed by atoms with van der Waals surface area (Å²) in [6, 6.07) is 12.5. The predicted molar refractivity (Wildman–Crippen MR) is 144 cm³/mol. The van der Waals surface area contributed by atoms with E-state index in [1.165, 1.54) is 36.1 Å². The Morgan fingerprint density at radius 1 is 1.11 bits per heavy atom. The van der Waals surface area contributed by atoms with Crippen LogP contribution >= 0.6 is 0 Å². The molecule has 1 saturated carbocycles. The molecule has 0 unspecified atom stereocenters. The van der Waals surface area contributed by atoms with E-state index in [1.54, 1.807) is 0 Å². The van der Waals surface area contributed by atoms with Crippen molar-refractivity contribution in [3.8, 4) is 0 Å². The number of hydrogen-bond donors (Lipinski definition) is 1. The van der Waals surface area contributed by atoms with Crippen LogP contribution in [0.4, 0.5) is 0 Å². The van der Waals surface area contributed by atoms with Gasteiger partial charge in [-0.3, -0.25) is 9.69 Å². The summed E-state index contributed by atoms with van der Waals surface area (Å²) >= 11 is 0. The number of piperidine rings is 1. The highest BCUT2D eigenvalue weighted by Gasteiger charge is 2.41. The van der Waals surface area contributed by atoms with Crippen molar-refractivity contribution >= 4 is 11.6 Å². The quantitative estimate of drug-likeness (QED) is 0.487. The molecule has 1 aliphatic carbocycles. The van der Waals surface area contributed by atoms with Crippen molar-refractivity contribution in [1.29, 1.82) is 0 Å². The first kappa shape index (κ1) is 24.6. The molecule has 0 spiro atoms. The molecule has 1 aromatic carbocycles. The van der Waals surface area contributed by atoms with Crippen LogP contribution in [0.3, 0.4) is 0 Å². The largest absolute Gasteiger partial charge is 0.480 e. The number of carboxylic acid groups (broad SMARTS) is 1. The average molecular weight is 502 g/mol. The van der Waals surface area contributed by atoms with Gasteiger partial charge in [-0.05, 0) is 68.8 Å². The summed E-state index contributed by atoms with van der Waals surface area (Å²) in [7, 11) is 0. The van der Waals surface area contributed by atoms with Gasteiger partial charge in [0.1, 0.15) is 6.04 Å². The fourth-order valence-electron chi connectivity index (χ4n) is 6.94. The van der Waals surface area contributed by atoms with E-state index in [9.17, 15) is 9.90 Å². The molecule has 0 bridgehead atoms. The van der Waals surface area contributed by atoms with E-state index in [4.69, 9.17) is 0 Å². The summed E-state index contributed by atoms with van der Waals surface area (Å²) in [6.07, 6.45) is 10.5. The van der Waals surface area contributed by atoms with Gasteiger partial charge in [0.05, 0.1) is 11.9 Å². The molecule has 3 aromatic rings. The third-order valence-electron chi connectivity index (χ3n) is 9.25. The van der Waals surface area contributed by atoms with Crippen LogP contribution in [0.1, 0.15) is 67.2 Å². The van der Waals surface area contributed by atoms with Gasteiger partial charge in [-0.2, -0.15) is 5.10 Å². The molecule has 2 aliphatic heterocycles. The van der Waals surface area contributed by atoms with Gasteiger partial charge in [-0.1, -0.05) is 49.1 Å². The molecule has 0 radical (unpaired) electrons. The van der Waals surface area contributed by atoms with Gasteiger partial charge >= 0.3 is 5.97 Å². The zero-order valence-electron chi connectivity index (χ0n) is 21.9. The van der Waals surface area contributed by atoms with Gasteiger partial charge in [0.15, 0.2) is 5.65 Å². The molecule has 0 amide bonds. The Kier molecular flexibility index (Phi) is 7.00. The van der Waals surface area contributed by atoms with Crippen molar-refractivity contribution < 1.29 is 9.90 Å². The van der Waals surface area contributed by atoms with E-state index in [0.29, 0.717) is 23.7 Å². The number of aromatic nitrogens is 3. The molecule has 7 nitrogen and oxygen atoms in total. The number of carbonyl (C=O) groups is 1. The topological polar surface area (TPSA) is 74.0 Å². The molecule has 2 aromatic heterocycles. The Morgan fingerprint density at radius 3 is 2.68 bits per heavy atom. The molecular weight excluding hydrogens is 462 g/mol. The molecule has 6 rings (SSSR count). The number of rotatable bonds is 8. The van der Waals surface area contributed by atoms with Crippen LogP contribution in [0.25, 0.3) is 5.65 Å². The number of imidazole rings is 1. The third-order valence-corrected chi connectivity index (χ3v) is 9.25. The molecular formula is C30H39N5O2. The number of nitrogens with zero attached hydrogens (tertiary/aromatic N) is 5. The van der Waals surface area contributed by atoms with E-state index >= 15 is 0 Å². The van der Waals surface area contributed by atoms with Gasteiger partial charge < -0.3 is 10.0 Å². The number of fused-ring (bicyclic) bond motifs is 1.